The molecule has 146 valence electrons. The summed E-state index contributed by atoms with van der Waals surface area (Å²) in [6, 6.07) is 17.8. The largest absolute Gasteiger partial charge is 0.290 e. The summed E-state index contributed by atoms with van der Waals surface area (Å²) >= 11 is 3.27. The topological polar surface area (TPSA) is 105 Å². The zero-order valence-corrected chi connectivity index (χ0v) is 17.2. The molecule has 0 spiro atoms. The first kappa shape index (κ1) is 19.1. The second-order valence-corrected chi connectivity index (χ2v) is 8.64. The number of carbonyl (C=O) groups excluding carboxylic acids is 1. The molecule has 0 unspecified atom stereocenters. The third-order valence-corrected chi connectivity index (χ3v) is 5.97. The highest BCUT2D eigenvalue weighted by molar-refractivity contribution is 9.10. The van der Waals surface area contributed by atoms with Crippen molar-refractivity contribution in [1.82, 2.24) is 14.6 Å². The lowest BCUT2D eigenvalue weighted by Gasteiger charge is -2.10. The molecule has 2 heterocycles. The van der Waals surface area contributed by atoms with Gasteiger partial charge in [-0.2, -0.15) is 0 Å². The summed E-state index contributed by atoms with van der Waals surface area (Å²) in [6.07, 6.45) is 1.73. The number of pyridine rings is 1. The van der Waals surface area contributed by atoms with E-state index in [1.165, 1.54) is 18.2 Å². The van der Waals surface area contributed by atoms with Crippen molar-refractivity contribution < 1.29 is 13.2 Å². The van der Waals surface area contributed by atoms with Crippen molar-refractivity contribution in [3.8, 4) is 0 Å². The first-order chi connectivity index (χ1) is 13.9. The number of amides is 1. The maximum atomic E-state index is 12.6. The first-order valence-electron chi connectivity index (χ1n) is 8.42. The number of sulfonamides is 1. The van der Waals surface area contributed by atoms with Crippen LogP contribution in [0.5, 0.6) is 0 Å². The minimum atomic E-state index is -3.78. The fourth-order valence-electron chi connectivity index (χ4n) is 2.65. The Bertz CT molecular complexity index is 1300. The van der Waals surface area contributed by atoms with Crippen LogP contribution in [0.2, 0.25) is 0 Å². The van der Waals surface area contributed by atoms with E-state index >= 15 is 0 Å². The number of benzene rings is 2. The van der Waals surface area contributed by atoms with Crippen LogP contribution in [0.15, 0.2) is 82.3 Å². The number of fused-ring (bicyclic) bond motifs is 1. The lowest BCUT2D eigenvalue weighted by atomic mass is 10.2. The number of nitrogens with one attached hydrogen (secondary N) is 2. The molecule has 29 heavy (non-hydrogen) atoms. The Morgan fingerprint density at radius 3 is 2.55 bits per heavy atom. The molecule has 0 aliphatic heterocycles. The van der Waals surface area contributed by atoms with E-state index < -0.39 is 15.9 Å². The van der Waals surface area contributed by atoms with Crippen molar-refractivity contribution in [3.05, 3.63) is 83.0 Å². The molecule has 0 fully saturated rings. The molecule has 0 aliphatic carbocycles. The Morgan fingerprint density at radius 2 is 1.76 bits per heavy atom. The molecule has 10 heteroatoms. The maximum Gasteiger partial charge on any atom is 0.261 e. The van der Waals surface area contributed by atoms with Crippen LogP contribution >= 0.6 is 15.9 Å². The SMILES string of the molecule is O=C(Nc1nnc2ccccn12)c1cccc(NS(=O)(=O)c2ccc(Br)cc2)c1. The number of hydrogen-bond acceptors (Lipinski definition) is 5. The summed E-state index contributed by atoms with van der Waals surface area (Å²) in [7, 11) is -3.78. The zero-order chi connectivity index (χ0) is 20.4. The molecule has 0 bridgehead atoms. The Kier molecular flexibility index (Phi) is 5.03. The predicted molar refractivity (Wildman–Crippen MR) is 112 cm³/mol. The molecule has 2 aromatic heterocycles. The fourth-order valence-corrected chi connectivity index (χ4v) is 3.97. The second-order valence-electron chi connectivity index (χ2n) is 6.05. The molecular formula is C19H14BrN5O3S. The number of carbonyl (C=O) groups is 1. The van der Waals surface area contributed by atoms with Gasteiger partial charge >= 0.3 is 0 Å². The third kappa shape index (κ3) is 4.13. The number of halogens is 1. The van der Waals surface area contributed by atoms with Gasteiger partial charge in [-0.1, -0.05) is 28.1 Å². The lowest BCUT2D eigenvalue weighted by molar-refractivity contribution is 0.102. The molecule has 4 rings (SSSR count). The Hall–Kier alpha value is -3.24. The quantitative estimate of drug-likeness (QED) is 0.462. The summed E-state index contributed by atoms with van der Waals surface area (Å²) in [5, 5.41) is 10.6. The van der Waals surface area contributed by atoms with Crippen molar-refractivity contribution >= 4 is 49.1 Å². The second kappa shape index (κ2) is 7.64. The average Bonchev–Trinajstić information content (AvgIpc) is 3.11. The fraction of sp³-hybridized carbons (Fsp3) is 0. The monoisotopic (exact) mass is 471 g/mol. The van der Waals surface area contributed by atoms with Gasteiger partial charge in [0.05, 0.1) is 4.90 Å². The van der Waals surface area contributed by atoms with Crippen molar-refractivity contribution in [2.75, 3.05) is 10.0 Å². The van der Waals surface area contributed by atoms with E-state index in [-0.39, 0.29) is 22.1 Å². The van der Waals surface area contributed by atoms with Crippen LogP contribution < -0.4 is 10.0 Å². The van der Waals surface area contributed by atoms with Gasteiger partial charge in [0, 0.05) is 21.9 Å². The van der Waals surface area contributed by atoms with Gasteiger partial charge < -0.3 is 0 Å². The van der Waals surface area contributed by atoms with Crippen molar-refractivity contribution in [1.29, 1.82) is 0 Å². The van der Waals surface area contributed by atoms with Crippen LogP contribution in [0.1, 0.15) is 10.4 Å². The summed E-state index contributed by atoms with van der Waals surface area (Å²) in [5.74, 6) is -0.167. The molecule has 0 saturated heterocycles. The summed E-state index contributed by atoms with van der Waals surface area (Å²) in [6.45, 7) is 0. The van der Waals surface area contributed by atoms with E-state index in [1.807, 2.05) is 6.07 Å². The van der Waals surface area contributed by atoms with Gasteiger partial charge in [0.1, 0.15) is 0 Å². The van der Waals surface area contributed by atoms with Crippen LogP contribution in [0, 0.1) is 0 Å². The summed E-state index contributed by atoms with van der Waals surface area (Å²) < 4.78 is 30.0. The number of hydrogen-bond donors (Lipinski definition) is 2. The number of rotatable bonds is 5. The van der Waals surface area contributed by atoms with Crippen LogP contribution in [-0.2, 0) is 10.0 Å². The first-order valence-corrected chi connectivity index (χ1v) is 10.7. The van der Waals surface area contributed by atoms with E-state index in [0.29, 0.717) is 5.65 Å². The van der Waals surface area contributed by atoms with Crippen molar-refractivity contribution in [2.24, 2.45) is 0 Å². The molecule has 0 saturated carbocycles. The number of aromatic nitrogens is 3. The number of anilines is 2. The van der Waals surface area contributed by atoms with Crippen LogP contribution in [-0.4, -0.2) is 28.9 Å². The third-order valence-electron chi connectivity index (χ3n) is 4.04. The Morgan fingerprint density at radius 1 is 0.966 bits per heavy atom. The zero-order valence-electron chi connectivity index (χ0n) is 14.8. The minimum Gasteiger partial charge on any atom is -0.290 e. The highest BCUT2D eigenvalue weighted by Crippen LogP contribution is 2.20. The van der Waals surface area contributed by atoms with Gasteiger partial charge in [-0.3, -0.25) is 19.2 Å². The normalized spacial score (nSPS) is 11.3. The van der Waals surface area contributed by atoms with Crippen molar-refractivity contribution in [3.63, 3.8) is 0 Å². The summed E-state index contributed by atoms with van der Waals surface area (Å²) in [5.41, 5.74) is 1.14. The molecule has 1 amide bonds. The molecule has 2 N–H and O–H groups in total. The van der Waals surface area contributed by atoms with Crippen LogP contribution in [0.3, 0.4) is 0 Å². The maximum absolute atomic E-state index is 12.6. The standard InChI is InChI=1S/C19H14BrN5O3S/c20-14-7-9-16(10-8-14)29(27,28)24-15-5-3-4-13(12-15)18(26)21-19-23-22-17-6-1-2-11-25(17)19/h1-12,24H,(H,21,23,26). The van der Waals surface area contributed by atoms with E-state index in [4.69, 9.17) is 0 Å². The van der Waals surface area contributed by atoms with Gasteiger partial charge in [0.25, 0.3) is 15.9 Å². The van der Waals surface area contributed by atoms with E-state index in [9.17, 15) is 13.2 Å². The van der Waals surface area contributed by atoms with Gasteiger partial charge in [-0.15, -0.1) is 10.2 Å². The van der Waals surface area contributed by atoms with E-state index in [0.717, 1.165) is 4.47 Å². The Balaban J connectivity index is 1.55. The molecule has 4 aromatic rings. The smallest absolute Gasteiger partial charge is 0.261 e. The molecule has 0 aliphatic rings. The van der Waals surface area contributed by atoms with E-state index in [2.05, 4.69) is 36.2 Å². The summed E-state index contributed by atoms with van der Waals surface area (Å²) in [4.78, 5) is 12.7. The minimum absolute atomic E-state index is 0.116. The van der Waals surface area contributed by atoms with Crippen LogP contribution in [0.25, 0.3) is 5.65 Å². The highest BCUT2D eigenvalue weighted by Gasteiger charge is 2.16. The lowest BCUT2D eigenvalue weighted by Crippen LogP contribution is -2.16. The molecule has 0 radical (unpaired) electrons. The number of nitrogens with zero attached hydrogens (tertiary/aromatic N) is 3. The van der Waals surface area contributed by atoms with Crippen molar-refractivity contribution in [2.45, 2.75) is 4.90 Å². The van der Waals surface area contributed by atoms with Gasteiger partial charge in [-0.05, 0) is 54.6 Å². The molecular weight excluding hydrogens is 458 g/mol. The molecule has 2 aromatic carbocycles. The molecule has 8 nitrogen and oxygen atoms in total. The van der Waals surface area contributed by atoms with E-state index in [1.54, 1.807) is 53.1 Å². The predicted octanol–water partition coefficient (Wildman–Crippen LogP) is 3.54. The van der Waals surface area contributed by atoms with Crippen LogP contribution in [0.4, 0.5) is 11.6 Å². The average molecular weight is 472 g/mol. The highest BCUT2D eigenvalue weighted by atomic mass is 79.9. The van der Waals surface area contributed by atoms with Gasteiger partial charge in [0.2, 0.25) is 5.95 Å². The molecule has 0 atom stereocenters. The van der Waals surface area contributed by atoms with Gasteiger partial charge in [0.15, 0.2) is 5.65 Å². The Labute approximate surface area is 174 Å². The van der Waals surface area contributed by atoms with Gasteiger partial charge in [-0.25, -0.2) is 8.42 Å².